The van der Waals surface area contributed by atoms with Crippen molar-refractivity contribution in [2.45, 2.75) is 0 Å². The molecule has 5 nitrogen and oxygen atoms in total. The van der Waals surface area contributed by atoms with Gasteiger partial charge in [-0.3, -0.25) is 0 Å². The molecule has 0 fully saturated rings. The van der Waals surface area contributed by atoms with Gasteiger partial charge in [-0.25, -0.2) is 4.98 Å². The Morgan fingerprint density at radius 1 is 0.511 bits per heavy atom. The van der Waals surface area contributed by atoms with Crippen molar-refractivity contribution in [3.8, 4) is 33.9 Å². The normalized spacial score (nSPS) is 12.0. The van der Waals surface area contributed by atoms with E-state index >= 15 is 0 Å². The van der Waals surface area contributed by atoms with Crippen LogP contribution in [-0.4, -0.2) is 27.0 Å². The molecule has 0 atom stereocenters. The first-order valence-corrected chi connectivity index (χ1v) is 15.5. The molecule has 224 valence electrons. The lowest BCUT2D eigenvalue weighted by atomic mass is 9.93. The number of benzene rings is 6. The topological polar surface area (TPSA) is 37.8 Å². The molecule has 1 aliphatic heterocycles. The Bertz CT molecular complexity index is 2210. The zero-order chi connectivity index (χ0) is 31.9. The summed E-state index contributed by atoms with van der Waals surface area (Å²) in [5, 5.41) is 1.02. The lowest BCUT2D eigenvalue weighted by molar-refractivity contribution is 0.355. The number of hydrogen-bond donors (Lipinski definition) is 0. The van der Waals surface area contributed by atoms with Crippen LogP contribution in [0.2, 0.25) is 0 Å². The van der Waals surface area contributed by atoms with E-state index in [4.69, 9.17) is 22.3 Å². The van der Waals surface area contributed by atoms with Crippen LogP contribution in [0.3, 0.4) is 0 Å². The highest BCUT2D eigenvalue weighted by Crippen LogP contribution is 2.55. The van der Waals surface area contributed by atoms with E-state index in [0.29, 0.717) is 17.0 Å². The van der Waals surface area contributed by atoms with E-state index in [9.17, 15) is 0 Å². The molecule has 1 aromatic heterocycles. The van der Waals surface area contributed by atoms with Gasteiger partial charge in [-0.15, -0.1) is 0 Å². The molecule has 0 amide bonds. The first kappa shape index (κ1) is 28.5. The molecular weight excluding hydrogens is 577 g/mol. The lowest BCUT2D eigenvalue weighted by Gasteiger charge is -2.40. The second-order valence-corrected chi connectivity index (χ2v) is 11.4. The van der Waals surface area contributed by atoms with Crippen LogP contribution in [0.25, 0.3) is 33.3 Å². The molecule has 6 heteroatoms. The summed E-state index contributed by atoms with van der Waals surface area (Å²) in [4.78, 5) is 10.0. The summed E-state index contributed by atoms with van der Waals surface area (Å²) in [5.74, 6) is 1.35. The van der Waals surface area contributed by atoms with E-state index in [-0.39, 0.29) is 0 Å². The molecule has 2 radical (unpaired) electrons. The second kappa shape index (κ2) is 11.7. The van der Waals surface area contributed by atoms with Gasteiger partial charge in [0, 0.05) is 16.6 Å². The summed E-state index contributed by atoms with van der Waals surface area (Å²) in [6, 6.07) is 50.1. The number of rotatable bonds is 6. The SMILES string of the molecule is [B]c1ccc(-c2cc(-c3ccc(OC)c(OC)c3)c3cccc(N4c5ccccc5N(c5ccccc5)c5ccccc54)c3n2)cc1. The van der Waals surface area contributed by atoms with Gasteiger partial charge in [-0.2, -0.15) is 0 Å². The van der Waals surface area contributed by atoms with Gasteiger partial charge in [-0.1, -0.05) is 90.4 Å². The van der Waals surface area contributed by atoms with Crippen molar-refractivity contribution < 1.29 is 9.47 Å². The first-order valence-electron chi connectivity index (χ1n) is 15.5. The fraction of sp³-hybridized carbons (Fsp3) is 0.0488. The molecule has 7 aromatic rings. The lowest BCUT2D eigenvalue weighted by Crippen LogP contribution is -2.24. The number of nitrogens with zero attached hydrogens (tertiary/aromatic N) is 3. The predicted molar refractivity (Wildman–Crippen MR) is 194 cm³/mol. The van der Waals surface area contributed by atoms with Crippen LogP contribution in [0.4, 0.5) is 34.1 Å². The molecular formula is C41H30BN3O2. The number of hydrogen-bond acceptors (Lipinski definition) is 5. The molecule has 8 rings (SSSR count). The van der Waals surface area contributed by atoms with Gasteiger partial charge < -0.3 is 19.3 Å². The minimum absolute atomic E-state index is 0.667. The molecule has 6 aromatic carbocycles. The van der Waals surface area contributed by atoms with E-state index in [1.807, 2.05) is 42.5 Å². The van der Waals surface area contributed by atoms with Gasteiger partial charge in [0.2, 0.25) is 0 Å². The van der Waals surface area contributed by atoms with Crippen LogP contribution in [0.15, 0.2) is 146 Å². The van der Waals surface area contributed by atoms with Gasteiger partial charge in [0.1, 0.15) is 7.85 Å². The number of aromatic nitrogens is 1. The molecule has 47 heavy (non-hydrogen) atoms. The Hall–Kier alpha value is -6.01. The van der Waals surface area contributed by atoms with Gasteiger partial charge in [0.05, 0.1) is 53.9 Å². The largest absolute Gasteiger partial charge is 0.493 e. The molecule has 0 spiro atoms. The average molecular weight is 608 g/mol. The zero-order valence-electron chi connectivity index (χ0n) is 26.1. The van der Waals surface area contributed by atoms with Crippen molar-refractivity contribution >= 4 is 58.3 Å². The number of methoxy groups -OCH3 is 2. The summed E-state index contributed by atoms with van der Waals surface area (Å²) in [7, 11) is 9.40. The summed E-state index contributed by atoms with van der Waals surface area (Å²) in [6.45, 7) is 0. The van der Waals surface area contributed by atoms with Crippen LogP contribution < -0.4 is 24.7 Å². The number of para-hydroxylation sites is 6. The minimum Gasteiger partial charge on any atom is -0.493 e. The van der Waals surface area contributed by atoms with E-state index in [1.165, 1.54) is 0 Å². The van der Waals surface area contributed by atoms with Crippen LogP contribution in [-0.2, 0) is 0 Å². The van der Waals surface area contributed by atoms with Crippen LogP contribution >= 0.6 is 0 Å². The van der Waals surface area contributed by atoms with Crippen LogP contribution in [0.1, 0.15) is 0 Å². The number of anilines is 6. The molecule has 0 unspecified atom stereocenters. The van der Waals surface area contributed by atoms with Crippen molar-refractivity contribution in [2.75, 3.05) is 24.0 Å². The van der Waals surface area contributed by atoms with Crippen molar-refractivity contribution in [3.05, 3.63) is 146 Å². The van der Waals surface area contributed by atoms with Crippen molar-refractivity contribution in [1.82, 2.24) is 4.98 Å². The fourth-order valence-electron chi connectivity index (χ4n) is 6.52. The van der Waals surface area contributed by atoms with E-state index < -0.39 is 0 Å². The second-order valence-electron chi connectivity index (χ2n) is 11.4. The van der Waals surface area contributed by atoms with Gasteiger partial charge in [-0.05, 0) is 71.8 Å². The maximum Gasteiger partial charge on any atom is 0.161 e. The van der Waals surface area contributed by atoms with Gasteiger partial charge in [0.15, 0.2) is 11.5 Å². The molecule has 0 aliphatic carbocycles. The highest BCUT2D eigenvalue weighted by molar-refractivity contribution is 6.32. The monoisotopic (exact) mass is 607 g/mol. The third-order valence-electron chi connectivity index (χ3n) is 8.70. The average Bonchev–Trinajstić information content (AvgIpc) is 3.13. The fourth-order valence-corrected chi connectivity index (χ4v) is 6.52. The Labute approximate surface area is 275 Å². The maximum atomic E-state index is 6.08. The predicted octanol–water partition coefficient (Wildman–Crippen LogP) is 9.63. The first-order chi connectivity index (χ1) is 23.1. The quantitative estimate of drug-likeness (QED) is 0.176. The smallest absolute Gasteiger partial charge is 0.161 e. The molecule has 1 aliphatic rings. The highest BCUT2D eigenvalue weighted by Gasteiger charge is 2.31. The standard InChI is InChI=1S/C41H30BN3O2/c1-46-39-24-21-28(25-40(39)47-2)32-26-33(27-19-22-29(42)23-20-27)43-41-31(32)13-10-18-38(41)45-36-16-8-6-14-34(36)44(30-11-4-3-5-12-30)35-15-7-9-17-37(35)45/h3-26H,1-2H3. The Kier molecular flexibility index (Phi) is 7.11. The van der Waals surface area contributed by atoms with Crippen molar-refractivity contribution in [1.29, 1.82) is 0 Å². The number of fused-ring (bicyclic) bond motifs is 3. The third-order valence-corrected chi connectivity index (χ3v) is 8.70. The number of ether oxygens (including phenoxy) is 2. The summed E-state index contributed by atoms with van der Waals surface area (Å²) < 4.78 is 11.3. The van der Waals surface area contributed by atoms with Crippen molar-refractivity contribution in [3.63, 3.8) is 0 Å². The van der Waals surface area contributed by atoms with Gasteiger partial charge >= 0.3 is 0 Å². The minimum atomic E-state index is 0.667. The van der Waals surface area contributed by atoms with Crippen LogP contribution in [0.5, 0.6) is 11.5 Å². The van der Waals surface area contributed by atoms with E-state index in [2.05, 4.69) is 113 Å². The molecule has 0 saturated carbocycles. The summed E-state index contributed by atoms with van der Waals surface area (Å²) in [5.41, 5.74) is 11.8. The Morgan fingerprint density at radius 3 is 1.72 bits per heavy atom. The maximum absolute atomic E-state index is 6.08. The van der Waals surface area contributed by atoms with Crippen molar-refractivity contribution in [2.24, 2.45) is 0 Å². The molecule has 0 N–H and O–H groups in total. The third kappa shape index (κ3) is 4.86. The van der Waals surface area contributed by atoms with Crippen LogP contribution in [0, 0.1) is 0 Å². The Morgan fingerprint density at radius 2 is 1.09 bits per heavy atom. The summed E-state index contributed by atoms with van der Waals surface area (Å²) >= 11 is 0. The zero-order valence-corrected chi connectivity index (χ0v) is 26.1. The molecule has 0 saturated heterocycles. The van der Waals surface area contributed by atoms with E-state index in [0.717, 1.165) is 67.4 Å². The number of pyridine rings is 1. The summed E-state index contributed by atoms with van der Waals surface area (Å²) in [6.07, 6.45) is 0. The molecule has 2 heterocycles. The molecule has 0 bridgehead atoms. The van der Waals surface area contributed by atoms with Gasteiger partial charge in [0.25, 0.3) is 0 Å². The van der Waals surface area contributed by atoms with E-state index in [1.54, 1.807) is 14.2 Å². The highest BCUT2D eigenvalue weighted by atomic mass is 16.5. The Balaban J connectivity index is 1.41.